The number of carbonyl (C=O) groups is 7. The van der Waals surface area contributed by atoms with Gasteiger partial charge >= 0.3 is 24.1 Å². The minimum atomic E-state index is -1.74. The van der Waals surface area contributed by atoms with Crippen molar-refractivity contribution in [1.29, 1.82) is 0 Å². The van der Waals surface area contributed by atoms with Gasteiger partial charge in [-0.25, -0.2) is 14.4 Å². The number of unbranched alkanes of at least 4 members (excludes halogenated alkanes) is 1. The van der Waals surface area contributed by atoms with Gasteiger partial charge in [-0.3, -0.25) is 24.1 Å². The summed E-state index contributed by atoms with van der Waals surface area (Å²) in [6.45, 7) is 9.39. The summed E-state index contributed by atoms with van der Waals surface area (Å²) >= 11 is 0. The average molecular weight is 681 g/mol. The number of hydrogen-bond acceptors (Lipinski definition) is 9. The van der Waals surface area contributed by atoms with Crippen molar-refractivity contribution in [3.05, 3.63) is 12.2 Å². The van der Waals surface area contributed by atoms with Gasteiger partial charge in [-0.1, -0.05) is 44.3 Å². The third kappa shape index (κ3) is 13.5. The number of amides is 4. The highest BCUT2D eigenvalue weighted by molar-refractivity contribution is 6.35. The van der Waals surface area contributed by atoms with E-state index in [-0.39, 0.29) is 38.3 Å². The number of ketones is 1. The summed E-state index contributed by atoms with van der Waals surface area (Å²) in [6.07, 6.45) is 6.66. The monoisotopic (exact) mass is 680 g/mol. The molecule has 48 heavy (non-hydrogen) atoms. The van der Waals surface area contributed by atoms with E-state index < -0.39 is 77.6 Å². The molecule has 0 aromatic carbocycles. The van der Waals surface area contributed by atoms with Gasteiger partial charge in [0, 0.05) is 13.1 Å². The average Bonchev–Trinajstić information content (AvgIpc) is 3.46. The maximum Gasteiger partial charge on any atom is 0.411 e. The number of carboxylic acid groups (broad SMARTS) is 2. The molecule has 270 valence electrons. The van der Waals surface area contributed by atoms with Crippen molar-refractivity contribution in [1.82, 2.24) is 20.4 Å². The molecule has 15 nitrogen and oxygen atoms in total. The second-order valence-corrected chi connectivity index (χ2v) is 14.3. The van der Waals surface area contributed by atoms with E-state index in [0.29, 0.717) is 6.42 Å². The minimum Gasteiger partial charge on any atom is -0.480 e. The molecule has 1 fully saturated rings. The van der Waals surface area contributed by atoms with Gasteiger partial charge in [0.1, 0.15) is 29.8 Å². The maximum atomic E-state index is 14.2. The molecule has 0 aromatic rings. The molecule has 4 N–H and O–H groups in total. The molecular weight excluding hydrogens is 628 g/mol. The first-order valence-corrected chi connectivity index (χ1v) is 16.5. The van der Waals surface area contributed by atoms with Crippen molar-refractivity contribution in [2.75, 3.05) is 19.6 Å². The van der Waals surface area contributed by atoms with Crippen LogP contribution in [0.2, 0.25) is 0 Å². The van der Waals surface area contributed by atoms with Gasteiger partial charge in [0.2, 0.25) is 11.8 Å². The van der Waals surface area contributed by atoms with Crippen molar-refractivity contribution in [2.45, 2.75) is 129 Å². The molecule has 2 aliphatic rings. The quantitative estimate of drug-likeness (QED) is 0.112. The first kappa shape index (κ1) is 40.0. The fourth-order valence-electron chi connectivity index (χ4n) is 5.69. The van der Waals surface area contributed by atoms with Crippen molar-refractivity contribution in [2.24, 2.45) is 5.92 Å². The highest BCUT2D eigenvalue weighted by atomic mass is 16.6. The van der Waals surface area contributed by atoms with Gasteiger partial charge in [0.15, 0.2) is 0 Å². The standard InChI is InChI=1S/C33H52N4O11/c1-32(2,3)47-30(45)34-17-11-10-15-22(26(40)29(43)44)35-27(41)23-16-12-18-36(23)28(42)24(19-21-13-8-7-9-14-21)37(20-25(38)39)31(46)48-33(4,5)6/h12,16,21-24H,7-11,13-15,17-20H2,1-6H3,(H,34,45)(H,35,41)(H,38,39)(H,43,44)/t22-,23-,24+/m0/s1. The SMILES string of the molecule is CC(C)(C)OC(=O)NCCCC[C@H](NC(=O)[C@@H]1C=CCN1C(=O)[C@@H](CC1CCCCC1)N(CC(=O)O)C(=O)OC(C)(C)C)C(=O)C(=O)O. The molecule has 0 saturated heterocycles. The molecule has 0 bridgehead atoms. The van der Waals surface area contributed by atoms with Crippen molar-refractivity contribution in [3.63, 3.8) is 0 Å². The molecule has 0 unspecified atom stereocenters. The summed E-state index contributed by atoms with van der Waals surface area (Å²) < 4.78 is 10.6. The minimum absolute atomic E-state index is 0.0266. The smallest absolute Gasteiger partial charge is 0.411 e. The Labute approximate surface area is 281 Å². The zero-order chi connectivity index (χ0) is 36.2. The lowest BCUT2D eigenvalue weighted by Crippen LogP contribution is -2.58. The summed E-state index contributed by atoms with van der Waals surface area (Å²) in [5.74, 6) is -5.74. The van der Waals surface area contributed by atoms with E-state index in [0.717, 1.165) is 37.0 Å². The summed E-state index contributed by atoms with van der Waals surface area (Å²) in [4.78, 5) is 91.0. The third-order valence-electron chi connectivity index (χ3n) is 7.82. The van der Waals surface area contributed by atoms with Crippen LogP contribution in [0.15, 0.2) is 12.2 Å². The molecule has 0 spiro atoms. The van der Waals surface area contributed by atoms with Gasteiger partial charge in [0.25, 0.3) is 5.78 Å². The Morgan fingerprint density at radius 1 is 0.917 bits per heavy atom. The lowest BCUT2D eigenvalue weighted by atomic mass is 9.84. The highest BCUT2D eigenvalue weighted by Gasteiger charge is 2.42. The fourth-order valence-corrected chi connectivity index (χ4v) is 5.69. The third-order valence-corrected chi connectivity index (χ3v) is 7.82. The van der Waals surface area contributed by atoms with Gasteiger partial charge in [-0.15, -0.1) is 0 Å². The van der Waals surface area contributed by atoms with Gasteiger partial charge < -0.3 is 35.2 Å². The molecule has 1 saturated carbocycles. The van der Waals surface area contributed by atoms with E-state index in [2.05, 4.69) is 10.6 Å². The lowest BCUT2D eigenvalue weighted by Gasteiger charge is -2.37. The van der Waals surface area contributed by atoms with E-state index in [4.69, 9.17) is 9.47 Å². The Morgan fingerprint density at radius 3 is 2.10 bits per heavy atom. The summed E-state index contributed by atoms with van der Waals surface area (Å²) in [5, 5.41) is 24.1. The van der Waals surface area contributed by atoms with Gasteiger partial charge in [0.05, 0.1) is 6.04 Å². The number of nitrogens with one attached hydrogen (secondary N) is 2. The topological polar surface area (TPSA) is 209 Å². The van der Waals surface area contributed by atoms with Crippen molar-refractivity contribution in [3.8, 4) is 0 Å². The summed E-state index contributed by atoms with van der Waals surface area (Å²) in [6, 6.07) is -3.90. The molecular formula is C33H52N4O11. The first-order valence-electron chi connectivity index (χ1n) is 16.5. The van der Waals surface area contributed by atoms with E-state index in [1.54, 1.807) is 47.6 Å². The number of carboxylic acids is 2. The normalized spacial score (nSPS) is 18.0. The van der Waals surface area contributed by atoms with Crippen molar-refractivity contribution >= 4 is 41.7 Å². The van der Waals surface area contributed by atoms with Crippen LogP contribution in [-0.4, -0.2) is 111 Å². The Kier molecular flexibility index (Phi) is 14.9. The van der Waals surface area contributed by atoms with Gasteiger partial charge in [-0.2, -0.15) is 0 Å². The van der Waals surface area contributed by atoms with E-state index in [9.17, 15) is 43.8 Å². The number of ether oxygens (including phenoxy) is 2. The number of hydrogen-bond donors (Lipinski definition) is 4. The lowest BCUT2D eigenvalue weighted by molar-refractivity contribution is -0.151. The van der Waals surface area contributed by atoms with Crippen LogP contribution >= 0.6 is 0 Å². The van der Waals surface area contributed by atoms with Crippen LogP contribution in [0.25, 0.3) is 0 Å². The molecule has 0 radical (unpaired) electrons. The number of carbonyl (C=O) groups excluding carboxylic acids is 5. The Bertz CT molecular complexity index is 1210. The Hall–Kier alpha value is -4.17. The largest absolute Gasteiger partial charge is 0.480 e. The number of nitrogens with zero attached hydrogens (tertiary/aromatic N) is 2. The number of alkyl carbamates (subject to hydrolysis) is 1. The van der Waals surface area contributed by atoms with E-state index in [1.807, 2.05) is 0 Å². The predicted molar refractivity (Wildman–Crippen MR) is 173 cm³/mol. The van der Waals surface area contributed by atoms with E-state index >= 15 is 0 Å². The second kappa shape index (κ2) is 17.8. The molecule has 0 aromatic heterocycles. The zero-order valence-electron chi connectivity index (χ0n) is 28.9. The molecule has 1 aliphatic heterocycles. The molecule has 1 aliphatic carbocycles. The Balaban J connectivity index is 2.23. The van der Waals surface area contributed by atoms with Crippen LogP contribution in [0.4, 0.5) is 9.59 Å². The van der Waals surface area contributed by atoms with Crippen LogP contribution in [0.5, 0.6) is 0 Å². The maximum absolute atomic E-state index is 14.2. The first-order chi connectivity index (χ1) is 22.3. The van der Waals surface area contributed by atoms with Crippen molar-refractivity contribution < 1.29 is 53.2 Å². The molecule has 15 heteroatoms. The van der Waals surface area contributed by atoms with Gasteiger partial charge in [-0.05, 0) is 73.1 Å². The van der Waals surface area contributed by atoms with Crippen LogP contribution < -0.4 is 10.6 Å². The van der Waals surface area contributed by atoms with Crippen LogP contribution in [0.1, 0.15) is 99.3 Å². The molecule has 4 amide bonds. The predicted octanol–water partition coefficient (Wildman–Crippen LogP) is 3.25. The van der Waals surface area contributed by atoms with Crippen LogP contribution in [-0.2, 0) is 33.4 Å². The van der Waals surface area contributed by atoms with E-state index in [1.165, 1.54) is 11.0 Å². The number of Topliss-reactive ketones (excluding diaryl/α,β-unsaturated/α-hetero) is 1. The summed E-state index contributed by atoms with van der Waals surface area (Å²) in [7, 11) is 0. The highest BCUT2D eigenvalue weighted by Crippen LogP contribution is 2.30. The molecule has 2 rings (SSSR count). The summed E-state index contributed by atoms with van der Waals surface area (Å²) in [5.41, 5.74) is -1.65. The molecule has 3 atom stereocenters. The number of rotatable bonds is 15. The van der Waals surface area contributed by atoms with Crippen LogP contribution in [0, 0.1) is 5.92 Å². The van der Waals surface area contributed by atoms with Crippen LogP contribution in [0.3, 0.4) is 0 Å². The Morgan fingerprint density at radius 2 is 1.54 bits per heavy atom. The zero-order valence-corrected chi connectivity index (χ0v) is 28.9. The second-order valence-electron chi connectivity index (χ2n) is 14.3. The number of aliphatic carboxylic acids is 2. The molecule has 1 heterocycles. The fraction of sp³-hybridized carbons (Fsp3) is 0.727.